The van der Waals surface area contributed by atoms with Crippen molar-refractivity contribution in [2.75, 3.05) is 18.1 Å². The molecule has 156 valence electrons. The zero-order valence-corrected chi connectivity index (χ0v) is 17.3. The molecule has 3 amide bonds. The average molecular weight is 401 g/mol. The van der Waals surface area contributed by atoms with E-state index in [1.165, 1.54) is 9.80 Å². The van der Waals surface area contributed by atoms with E-state index >= 15 is 0 Å². The maximum absolute atomic E-state index is 13.3. The number of benzene rings is 1. The second kappa shape index (κ2) is 7.50. The first kappa shape index (κ1) is 20.8. The molecule has 8 heteroatoms. The number of carbonyl (C=O) groups excluding carboxylic acids is 4. The van der Waals surface area contributed by atoms with E-state index in [-0.39, 0.29) is 24.7 Å². The van der Waals surface area contributed by atoms with E-state index in [1.807, 2.05) is 27.7 Å². The van der Waals surface area contributed by atoms with Gasteiger partial charge in [-0.3, -0.25) is 19.3 Å². The fourth-order valence-electron chi connectivity index (χ4n) is 3.98. The van der Waals surface area contributed by atoms with Gasteiger partial charge >= 0.3 is 5.97 Å². The SMILES string of the molecule is CCCN1C(=O)c2ccccc2N2C(=O)CC[C@]12C(=O)OCC(=O)NC(C)(C)C. The minimum atomic E-state index is -1.56. The summed E-state index contributed by atoms with van der Waals surface area (Å²) in [7, 11) is 0. The molecule has 29 heavy (non-hydrogen) atoms. The van der Waals surface area contributed by atoms with Crippen molar-refractivity contribution in [3.05, 3.63) is 29.8 Å². The second-order valence-corrected chi connectivity index (χ2v) is 8.39. The molecular weight excluding hydrogens is 374 g/mol. The lowest BCUT2D eigenvalue weighted by molar-refractivity contribution is -0.160. The van der Waals surface area contributed by atoms with Crippen LogP contribution in [0, 0.1) is 0 Å². The van der Waals surface area contributed by atoms with Crippen molar-refractivity contribution in [3.8, 4) is 0 Å². The van der Waals surface area contributed by atoms with Gasteiger partial charge in [-0.05, 0) is 39.3 Å². The van der Waals surface area contributed by atoms with Crippen LogP contribution in [0.3, 0.4) is 0 Å². The number of hydrogen-bond acceptors (Lipinski definition) is 5. The van der Waals surface area contributed by atoms with Crippen molar-refractivity contribution in [1.29, 1.82) is 0 Å². The van der Waals surface area contributed by atoms with Crippen molar-refractivity contribution in [1.82, 2.24) is 10.2 Å². The number of fused-ring (bicyclic) bond motifs is 3. The lowest BCUT2D eigenvalue weighted by Gasteiger charge is -2.48. The summed E-state index contributed by atoms with van der Waals surface area (Å²) in [4.78, 5) is 54.1. The van der Waals surface area contributed by atoms with Crippen molar-refractivity contribution in [2.24, 2.45) is 0 Å². The third-order valence-corrected chi connectivity index (χ3v) is 5.00. The number of hydrogen-bond donors (Lipinski definition) is 1. The molecule has 1 atom stereocenters. The number of ether oxygens (including phenoxy) is 1. The van der Waals surface area contributed by atoms with Crippen LogP contribution >= 0.6 is 0 Å². The van der Waals surface area contributed by atoms with E-state index in [0.717, 1.165) is 0 Å². The standard InChI is InChI=1S/C21H27N3O5/c1-5-12-23-18(27)14-8-6-7-9-15(14)24-17(26)10-11-21(23,24)19(28)29-13-16(25)22-20(2,3)4/h6-9H,5,10-13H2,1-4H3,(H,22,25)/t21-/m0/s1. The third kappa shape index (κ3) is 3.59. The molecule has 0 bridgehead atoms. The highest BCUT2D eigenvalue weighted by molar-refractivity contribution is 6.15. The maximum atomic E-state index is 13.3. The molecule has 0 saturated carbocycles. The molecule has 0 aliphatic carbocycles. The molecule has 8 nitrogen and oxygen atoms in total. The summed E-state index contributed by atoms with van der Waals surface area (Å²) in [6.45, 7) is 7.17. The number of nitrogens with zero attached hydrogens (tertiary/aromatic N) is 2. The lowest BCUT2D eigenvalue weighted by atomic mass is 9.96. The maximum Gasteiger partial charge on any atom is 0.354 e. The molecule has 3 rings (SSSR count). The van der Waals surface area contributed by atoms with Crippen LogP contribution in [0.5, 0.6) is 0 Å². The Bertz CT molecular complexity index is 860. The van der Waals surface area contributed by atoms with Gasteiger partial charge in [-0.25, -0.2) is 4.79 Å². The number of carbonyl (C=O) groups is 4. The predicted molar refractivity (Wildman–Crippen MR) is 106 cm³/mol. The molecule has 1 fully saturated rings. The smallest absolute Gasteiger partial charge is 0.354 e. The molecule has 1 aromatic carbocycles. The monoisotopic (exact) mass is 401 g/mol. The quantitative estimate of drug-likeness (QED) is 0.760. The minimum absolute atomic E-state index is 0.116. The summed E-state index contributed by atoms with van der Waals surface area (Å²) in [5.41, 5.74) is -1.24. The minimum Gasteiger partial charge on any atom is -0.452 e. The van der Waals surface area contributed by atoms with Crippen molar-refractivity contribution in [2.45, 2.75) is 58.2 Å². The zero-order valence-electron chi connectivity index (χ0n) is 17.3. The molecule has 2 heterocycles. The fourth-order valence-corrected chi connectivity index (χ4v) is 3.98. The van der Waals surface area contributed by atoms with Crippen LogP contribution < -0.4 is 10.2 Å². The molecule has 0 spiro atoms. The Kier molecular flexibility index (Phi) is 5.38. The molecule has 2 aliphatic heterocycles. The van der Waals surface area contributed by atoms with Gasteiger partial charge in [-0.1, -0.05) is 19.1 Å². The van der Waals surface area contributed by atoms with Crippen LogP contribution in [0.25, 0.3) is 0 Å². The number of amides is 3. The van der Waals surface area contributed by atoms with Gasteiger partial charge in [0.05, 0.1) is 11.3 Å². The normalized spacial score (nSPS) is 21.0. The number of esters is 1. The summed E-state index contributed by atoms with van der Waals surface area (Å²) in [6.07, 6.45) is 0.853. The van der Waals surface area contributed by atoms with Gasteiger partial charge in [0.2, 0.25) is 11.6 Å². The van der Waals surface area contributed by atoms with E-state index in [2.05, 4.69) is 5.32 Å². The highest BCUT2D eigenvalue weighted by atomic mass is 16.5. The predicted octanol–water partition coefficient (Wildman–Crippen LogP) is 1.83. The Morgan fingerprint density at radius 2 is 1.90 bits per heavy atom. The van der Waals surface area contributed by atoms with Crippen LogP contribution in [-0.2, 0) is 19.1 Å². The van der Waals surface area contributed by atoms with Crippen LogP contribution in [0.4, 0.5) is 5.69 Å². The number of nitrogens with one attached hydrogen (secondary N) is 1. The Morgan fingerprint density at radius 1 is 1.21 bits per heavy atom. The second-order valence-electron chi connectivity index (χ2n) is 8.39. The topological polar surface area (TPSA) is 96.0 Å². The van der Waals surface area contributed by atoms with E-state index in [1.54, 1.807) is 24.3 Å². The number of anilines is 1. The molecule has 1 aromatic rings. The Labute approximate surface area is 170 Å². The zero-order chi connectivity index (χ0) is 21.4. The van der Waals surface area contributed by atoms with E-state index in [4.69, 9.17) is 4.74 Å². The highest BCUT2D eigenvalue weighted by Gasteiger charge is 2.61. The lowest BCUT2D eigenvalue weighted by Crippen LogP contribution is -2.68. The molecule has 1 N–H and O–H groups in total. The Morgan fingerprint density at radius 3 is 2.55 bits per heavy atom. The van der Waals surface area contributed by atoms with Gasteiger partial charge in [-0.15, -0.1) is 0 Å². The molecule has 0 aromatic heterocycles. The van der Waals surface area contributed by atoms with Crippen LogP contribution in [0.15, 0.2) is 24.3 Å². The van der Waals surface area contributed by atoms with E-state index in [0.29, 0.717) is 24.2 Å². The summed E-state index contributed by atoms with van der Waals surface area (Å²) < 4.78 is 5.34. The third-order valence-electron chi connectivity index (χ3n) is 5.00. The van der Waals surface area contributed by atoms with Gasteiger partial charge in [-0.2, -0.15) is 0 Å². The van der Waals surface area contributed by atoms with Gasteiger partial charge in [0.1, 0.15) is 0 Å². The first-order valence-electron chi connectivity index (χ1n) is 9.84. The van der Waals surface area contributed by atoms with Gasteiger partial charge in [0.15, 0.2) is 6.61 Å². The Hall–Kier alpha value is -2.90. The first-order valence-corrected chi connectivity index (χ1v) is 9.84. The van der Waals surface area contributed by atoms with Gasteiger partial charge in [0.25, 0.3) is 11.8 Å². The molecular formula is C21H27N3O5. The van der Waals surface area contributed by atoms with Crippen molar-refractivity contribution in [3.63, 3.8) is 0 Å². The summed E-state index contributed by atoms with van der Waals surface area (Å²) in [5.74, 6) is -1.77. The molecule has 0 unspecified atom stereocenters. The number of para-hydroxylation sites is 1. The van der Waals surface area contributed by atoms with Crippen LogP contribution in [0.2, 0.25) is 0 Å². The molecule has 0 radical (unpaired) electrons. The highest BCUT2D eigenvalue weighted by Crippen LogP contribution is 2.45. The number of rotatable bonds is 5. The largest absolute Gasteiger partial charge is 0.452 e. The molecule has 1 saturated heterocycles. The van der Waals surface area contributed by atoms with Gasteiger partial charge < -0.3 is 15.0 Å². The summed E-state index contributed by atoms with van der Waals surface area (Å²) >= 11 is 0. The van der Waals surface area contributed by atoms with Crippen molar-refractivity contribution >= 4 is 29.4 Å². The average Bonchev–Trinajstić information content (AvgIpc) is 3.00. The van der Waals surface area contributed by atoms with Crippen LogP contribution in [0.1, 0.15) is 57.3 Å². The van der Waals surface area contributed by atoms with Crippen LogP contribution in [-0.4, -0.2) is 52.9 Å². The Balaban J connectivity index is 1.97. The summed E-state index contributed by atoms with van der Waals surface area (Å²) in [6, 6.07) is 6.76. The van der Waals surface area contributed by atoms with Gasteiger partial charge in [0, 0.05) is 24.9 Å². The molecule has 2 aliphatic rings. The van der Waals surface area contributed by atoms with Crippen molar-refractivity contribution < 1.29 is 23.9 Å². The fraction of sp³-hybridized carbons (Fsp3) is 0.524. The summed E-state index contributed by atoms with van der Waals surface area (Å²) in [5, 5.41) is 2.73. The first-order chi connectivity index (χ1) is 13.6. The van der Waals surface area contributed by atoms with E-state index in [9.17, 15) is 19.2 Å². The van der Waals surface area contributed by atoms with E-state index < -0.39 is 29.7 Å².